The lowest BCUT2D eigenvalue weighted by Crippen LogP contribution is -2.36. The number of nitrogens with one attached hydrogen (secondary N) is 2. The van der Waals surface area contributed by atoms with Crippen LogP contribution in [0.15, 0.2) is 150 Å². The number of nitrogens with zero attached hydrogens (tertiary/aromatic N) is 1. The summed E-state index contributed by atoms with van der Waals surface area (Å²) in [4.78, 5) is 0. The molecule has 6 aromatic rings. The summed E-state index contributed by atoms with van der Waals surface area (Å²) < 4.78 is 46.4. The molecule has 8 rings (SSSR count). The Hall–Kier alpha value is -6.07. The van der Waals surface area contributed by atoms with E-state index in [1.54, 1.807) is 72.8 Å². The minimum atomic E-state index is -4.05. The van der Waals surface area contributed by atoms with Gasteiger partial charge in [-0.15, -0.1) is 5.09 Å². The molecule has 0 aromatic heterocycles. The lowest BCUT2D eigenvalue weighted by Gasteiger charge is -2.31. The first kappa shape index (κ1) is 38.8. The number of ether oxygens (including phenoxy) is 1. The number of hydrogen-bond donors (Lipinski definition) is 8. The van der Waals surface area contributed by atoms with E-state index >= 15 is 0 Å². The van der Waals surface area contributed by atoms with Gasteiger partial charge in [0.15, 0.2) is 17.2 Å². The molecule has 0 bridgehead atoms. The molecule has 0 amide bonds. The Kier molecular flexibility index (Phi) is 10.5. The first-order chi connectivity index (χ1) is 27.9. The third-order valence-corrected chi connectivity index (χ3v) is 18.1. The summed E-state index contributed by atoms with van der Waals surface area (Å²) in [6.45, 7) is 1.81. The van der Waals surface area contributed by atoms with Gasteiger partial charge in [-0.05, 0) is 153 Å². The maximum Gasteiger partial charge on any atom is 0.507 e. The predicted octanol–water partition coefficient (Wildman–Crippen LogP) is 9.45. The van der Waals surface area contributed by atoms with E-state index < -0.39 is 40.6 Å². The third-order valence-electron chi connectivity index (χ3n) is 8.85. The Balaban J connectivity index is 1.37. The molecule has 4 unspecified atom stereocenters. The lowest BCUT2D eigenvalue weighted by atomic mass is 10.3. The highest BCUT2D eigenvalue weighted by Crippen LogP contribution is 2.86. The largest absolute Gasteiger partial charge is 0.508 e. The van der Waals surface area contributed by atoms with Crippen molar-refractivity contribution in [3.63, 3.8) is 0 Å². The van der Waals surface area contributed by atoms with Crippen LogP contribution in [0, 0.1) is 0 Å². The zero-order valence-electron chi connectivity index (χ0n) is 30.5. The molecule has 0 saturated carbocycles. The van der Waals surface area contributed by atoms with Crippen LogP contribution in [0.1, 0.15) is 6.92 Å². The molecule has 8 N–H and O–H groups in total. The van der Waals surface area contributed by atoms with Crippen LogP contribution in [0.25, 0.3) is 0 Å². The topological polar surface area (TPSA) is 213 Å². The monoisotopic (exact) mass is 845 g/mol. The van der Waals surface area contributed by atoms with Crippen molar-refractivity contribution in [1.29, 1.82) is 0 Å². The smallest absolute Gasteiger partial charge is 0.507 e. The van der Waals surface area contributed by atoms with Gasteiger partial charge in [0.05, 0.1) is 0 Å². The second-order valence-corrected chi connectivity index (χ2v) is 20.8. The van der Waals surface area contributed by atoms with E-state index in [9.17, 15) is 30.6 Å². The highest BCUT2D eigenvalue weighted by atomic mass is 31.2. The summed E-state index contributed by atoms with van der Waals surface area (Å²) in [5.41, 5.74) is 0. The van der Waals surface area contributed by atoms with Gasteiger partial charge in [0.1, 0.15) is 51.7 Å². The van der Waals surface area contributed by atoms with Crippen LogP contribution in [0.2, 0.25) is 0 Å². The van der Waals surface area contributed by atoms with Crippen molar-refractivity contribution in [1.82, 2.24) is 10.2 Å². The molecule has 298 valence electrons. The standard InChI is InChI=1S/C40H36N3O12P3/c1-26-41-56(51-34-16-4-28(45)5-17-34)39(40(56)50-33-14-2-27(44)3-15-33)42-58(54-37-22-10-31(48)11-23-37,55-38-24-12-32(49)13-25-38)43-57(26,52-35-18-6-29(46)7-19-35)53-36-20-8-30(47)9-21-36/h2-26,39-42H,1H3,(H4-2,44,45,46,47,48,49)/p+2. The van der Waals surface area contributed by atoms with Crippen molar-refractivity contribution in [2.45, 2.75) is 24.3 Å². The van der Waals surface area contributed by atoms with Gasteiger partial charge in [-0.2, -0.15) is 5.09 Å². The molecule has 6 aromatic carbocycles. The molecule has 2 aliphatic heterocycles. The zero-order chi connectivity index (χ0) is 40.5. The van der Waals surface area contributed by atoms with E-state index in [2.05, 4.69) is 10.2 Å². The van der Waals surface area contributed by atoms with Gasteiger partial charge in [-0.1, -0.05) is 0 Å². The van der Waals surface area contributed by atoms with Gasteiger partial charge in [0.2, 0.25) is 5.78 Å². The number of benzene rings is 6. The van der Waals surface area contributed by atoms with Crippen LogP contribution in [-0.4, -0.2) is 48.1 Å². The molecule has 15 nitrogen and oxygen atoms in total. The third kappa shape index (κ3) is 8.45. The number of aromatic hydroxyl groups is 6. The molecule has 2 aliphatic rings. The average molecular weight is 846 g/mol. The van der Waals surface area contributed by atoms with Crippen molar-refractivity contribution in [3.05, 3.63) is 146 Å². The Morgan fingerprint density at radius 2 is 0.793 bits per heavy atom. The highest BCUT2D eigenvalue weighted by Gasteiger charge is 2.87. The van der Waals surface area contributed by atoms with Crippen molar-refractivity contribution < 1.29 is 58.0 Å². The van der Waals surface area contributed by atoms with Crippen LogP contribution in [0.4, 0.5) is 0 Å². The van der Waals surface area contributed by atoms with Crippen LogP contribution in [0.3, 0.4) is 0 Å². The Morgan fingerprint density at radius 1 is 0.466 bits per heavy atom. The van der Waals surface area contributed by atoms with E-state index in [0.717, 1.165) is 0 Å². The van der Waals surface area contributed by atoms with Gasteiger partial charge in [-0.3, -0.25) is 9.05 Å². The van der Waals surface area contributed by atoms with E-state index in [4.69, 9.17) is 31.9 Å². The summed E-state index contributed by atoms with van der Waals surface area (Å²) in [7, 11) is -11.1. The first-order valence-electron chi connectivity index (χ1n) is 17.8. The summed E-state index contributed by atoms with van der Waals surface area (Å²) in [6, 6.07) is 36.5. The van der Waals surface area contributed by atoms with Crippen molar-refractivity contribution >= 4 is 23.2 Å². The van der Waals surface area contributed by atoms with E-state index in [1.165, 1.54) is 72.8 Å². The quantitative estimate of drug-likeness (QED) is 0.0539. The maximum atomic E-state index is 10.2. The van der Waals surface area contributed by atoms with Gasteiger partial charge in [0, 0.05) is 4.52 Å². The molecule has 1 saturated heterocycles. The Bertz CT molecular complexity index is 2310. The minimum Gasteiger partial charge on any atom is -0.508 e. The number of phenolic OH excluding ortho intramolecular Hbond substituents is 6. The van der Waals surface area contributed by atoms with Crippen molar-refractivity contribution in [2.24, 2.45) is 4.52 Å². The molecule has 2 heterocycles. The predicted molar refractivity (Wildman–Crippen MR) is 219 cm³/mol. The van der Waals surface area contributed by atoms with Gasteiger partial charge >= 0.3 is 29.0 Å². The van der Waals surface area contributed by atoms with Crippen LogP contribution in [-0.2, 0) is 0 Å². The molecule has 4 atom stereocenters. The van der Waals surface area contributed by atoms with Crippen molar-refractivity contribution in [2.75, 3.05) is 0 Å². The molecule has 0 radical (unpaired) electrons. The molecular weight excluding hydrogens is 807 g/mol. The maximum absolute atomic E-state index is 10.2. The summed E-state index contributed by atoms with van der Waals surface area (Å²) >= 11 is 0. The van der Waals surface area contributed by atoms with Crippen LogP contribution in [0.5, 0.6) is 69.0 Å². The first-order valence-corrected chi connectivity index (χ1v) is 22.8. The van der Waals surface area contributed by atoms with Gasteiger partial charge in [0.25, 0.3) is 5.78 Å². The molecule has 18 heteroatoms. The fraction of sp³-hybridized carbons (Fsp3) is 0.100. The van der Waals surface area contributed by atoms with Gasteiger partial charge < -0.3 is 48.9 Å². The second-order valence-electron chi connectivity index (χ2n) is 13.2. The fourth-order valence-corrected chi connectivity index (χ4v) is 16.7. The summed E-state index contributed by atoms with van der Waals surface area (Å²) in [5.74, 6) is -0.434. The Morgan fingerprint density at radius 3 is 1.17 bits per heavy atom. The van der Waals surface area contributed by atoms with Crippen LogP contribution < -0.4 is 37.5 Å². The Labute approximate surface area is 333 Å². The SMILES string of the molecule is CC1N[P+]2(Oc3ccc(O)cc3)C(NP(Oc3ccc(O)cc3)(Oc3ccc(O)cc3)=N[P+]1(Oc1ccc(O)cc1)Oc1ccc(O)cc1)C2Oc1ccc(O)cc1. The molecule has 1 fully saturated rings. The molecule has 0 aliphatic carbocycles. The van der Waals surface area contributed by atoms with Gasteiger partial charge in [-0.25, -0.2) is 0 Å². The molecule has 0 spiro atoms. The van der Waals surface area contributed by atoms with Crippen LogP contribution >= 0.6 is 23.2 Å². The lowest BCUT2D eigenvalue weighted by molar-refractivity contribution is 0.303. The number of fused-ring (bicyclic) bond motifs is 1. The van der Waals surface area contributed by atoms with Crippen molar-refractivity contribution in [3.8, 4) is 69.0 Å². The normalized spacial score (nSPS) is 21.4. The van der Waals surface area contributed by atoms with E-state index in [-0.39, 0.29) is 57.5 Å². The number of hydrogen-bond acceptors (Lipinski definition) is 15. The summed E-state index contributed by atoms with van der Waals surface area (Å²) in [5, 5.41) is 68.3. The molecular formula is C40H38N3O12P3+2. The second kappa shape index (κ2) is 15.7. The number of phenols is 6. The molecule has 58 heavy (non-hydrogen) atoms. The highest BCUT2D eigenvalue weighted by molar-refractivity contribution is 7.81. The minimum absolute atomic E-state index is 0.00275. The zero-order valence-corrected chi connectivity index (χ0v) is 33.2. The van der Waals surface area contributed by atoms with E-state index in [0.29, 0.717) is 11.5 Å². The number of rotatable bonds is 12. The fourth-order valence-electron chi connectivity index (χ4n) is 5.96. The summed E-state index contributed by atoms with van der Waals surface area (Å²) in [6.07, 6.45) is 0. The van der Waals surface area contributed by atoms with E-state index in [1.807, 2.05) is 6.92 Å². The average Bonchev–Trinajstić information content (AvgIpc) is 3.76.